The summed E-state index contributed by atoms with van der Waals surface area (Å²) >= 11 is 0. The zero-order valence-corrected chi connectivity index (χ0v) is 35.6. The molecule has 0 aliphatic heterocycles. The van der Waals surface area contributed by atoms with Crippen molar-refractivity contribution in [2.75, 3.05) is 59.4 Å². The van der Waals surface area contributed by atoms with E-state index in [-0.39, 0.29) is 49.1 Å². The fourth-order valence-electron chi connectivity index (χ4n) is 6.31. The minimum absolute atomic E-state index is 0.0970. The summed E-state index contributed by atoms with van der Waals surface area (Å²) in [5, 5.41) is 11.5. The van der Waals surface area contributed by atoms with Crippen molar-refractivity contribution in [3.8, 4) is 0 Å². The van der Waals surface area contributed by atoms with Gasteiger partial charge in [0.2, 0.25) is 11.8 Å². The van der Waals surface area contributed by atoms with E-state index in [0.29, 0.717) is 111 Å². The van der Waals surface area contributed by atoms with Gasteiger partial charge in [-0.25, -0.2) is 0 Å². The lowest BCUT2D eigenvalue weighted by Gasteiger charge is -2.13. The Kier molecular flexibility index (Phi) is 39.4. The molecule has 0 saturated heterocycles. The second-order valence-corrected chi connectivity index (χ2v) is 15.1. The van der Waals surface area contributed by atoms with Crippen molar-refractivity contribution < 1.29 is 52.8 Å². The number of hydrogen-bond acceptors (Lipinski definition) is 10. The van der Waals surface area contributed by atoms with Gasteiger partial charge in [-0.3, -0.25) is 28.8 Å². The number of primary amides is 1. The molecule has 0 unspecified atom stereocenters. The summed E-state index contributed by atoms with van der Waals surface area (Å²) in [6, 6.07) is 0. The molecular weight excluding hydrogens is 732 g/mol. The molecule has 0 aromatic carbocycles. The van der Waals surface area contributed by atoms with Crippen molar-refractivity contribution in [2.24, 2.45) is 11.7 Å². The third kappa shape index (κ3) is 41.2. The van der Waals surface area contributed by atoms with Crippen LogP contribution in [0.5, 0.6) is 0 Å². The Morgan fingerprint density at radius 1 is 0.474 bits per heavy atom. The minimum atomic E-state index is -0.699. The maximum atomic E-state index is 12.5. The fraction of sp³-hybridized carbons (Fsp3) is 0.864. The lowest BCUT2D eigenvalue weighted by atomic mass is 9.93. The molecule has 2 amide bonds. The van der Waals surface area contributed by atoms with Gasteiger partial charge in [-0.05, 0) is 38.5 Å². The van der Waals surface area contributed by atoms with E-state index in [1.807, 2.05) is 6.92 Å². The highest BCUT2D eigenvalue weighted by Crippen LogP contribution is 2.17. The molecule has 57 heavy (non-hydrogen) atoms. The number of ketones is 3. The normalized spacial score (nSPS) is 11.7. The predicted octanol–water partition coefficient (Wildman–Crippen LogP) is 7.62. The quantitative estimate of drug-likeness (QED) is 0.0512. The topological polar surface area (TPSA) is 198 Å². The molecule has 0 rings (SSSR count). The highest BCUT2D eigenvalue weighted by atomic mass is 16.5. The zero-order chi connectivity index (χ0) is 42.0. The van der Waals surface area contributed by atoms with Gasteiger partial charge < -0.3 is 35.1 Å². The number of rotatable bonds is 46. The van der Waals surface area contributed by atoms with Crippen molar-refractivity contribution in [3.63, 3.8) is 0 Å². The summed E-state index contributed by atoms with van der Waals surface area (Å²) in [6.45, 7) is 5.62. The van der Waals surface area contributed by atoms with Gasteiger partial charge in [0.25, 0.3) is 0 Å². The van der Waals surface area contributed by atoms with Crippen molar-refractivity contribution in [1.82, 2.24) is 5.32 Å². The number of aliphatic carboxylic acids is 1. The first kappa shape index (κ1) is 54.3. The summed E-state index contributed by atoms with van der Waals surface area (Å²) in [5.74, 6) is -1.24. The van der Waals surface area contributed by atoms with E-state index >= 15 is 0 Å². The molecule has 0 aromatic heterocycles. The van der Waals surface area contributed by atoms with Gasteiger partial charge in [-0.2, -0.15) is 0 Å². The van der Waals surface area contributed by atoms with Crippen LogP contribution < -0.4 is 11.1 Å². The van der Waals surface area contributed by atoms with Crippen LogP contribution >= 0.6 is 0 Å². The number of carbonyl (C=O) groups is 6. The first-order valence-electron chi connectivity index (χ1n) is 22.3. The van der Waals surface area contributed by atoms with Gasteiger partial charge in [0, 0.05) is 77.0 Å². The molecule has 0 aromatic rings. The first-order valence-corrected chi connectivity index (χ1v) is 22.3. The van der Waals surface area contributed by atoms with E-state index in [0.717, 1.165) is 44.9 Å². The highest BCUT2D eigenvalue weighted by molar-refractivity contribution is 5.86. The molecule has 13 nitrogen and oxygen atoms in total. The summed E-state index contributed by atoms with van der Waals surface area (Å²) in [7, 11) is 0. The maximum Gasteiger partial charge on any atom is 0.303 e. The molecule has 4 N–H and O–H groups in total. The van der Waals surface area contributed by atoms with Gasteiger partial charge >= 0.3 is 5.97 Å². The van der Waals surface area contributed by atoms with E-state index in [4.69, 9.17) is 29.8 Å². The van der Waals surface area contributed by atoms with Gasteiger partial charge in [0.15, 0.2) is 0 Å². The second-order valence-electron chi connectivity index (χ2n) is 15.1. The number of ether oxygens (including phenoxy) is 4. The predicted molar refractivity (Wildman–Crippen MR) is 222 cm³/mol. The van der Waals surface area contributed by atoms with Gasteiger partial charge in [0.1, 0.15) is 17.3 Å². The number of carboxylic acid groups (broad SMARTS) is 1. The Balaban J connectivity index is 3.59. The molecule has 13 heteroatoms. The number of nitrogens with two attached hydrogens (primary N) is 1. The number of amides is 2. The zero-order valence-electron chi connectivity index (χ0n) is 35.6. The average Bonchev–Trinajstić information content (AvgIpc) is 3.18. The van der Waals surface area contributed by atoms with Crippen LogP contribution in [0.3, 0.4) is 0 Å². The molecule has 0 radical (unpaired) electrons. The number of Topliss-reactive ketones (excluding diaryl/α,β-unsaturated/α-hetero) is 3. The fourth-order valence-corrected chi connectivity index (χ4v) is 6.31. The van der Waals surface area contributed by atoms with Crippen LogP contribution in [0.25, 0.3) is 0 Å². The van der Waals surface area contributed by atoms with Crippen molar-refractivity contribution in [2.45, 2.75) is 180 Å². The summed E-state index contributed by atoms with van der Waals surface area (Å²) in [5.41, 5.74) is 5.59. The van der Waals surface area contributed by atoms with Crippen LogP contribution in [0.15, 0.2) is 0 Å². The van der Waals surface area contributed by atoms with Crippen molar-refractivity contribution in [1.29, 1.82) is 0 Å². The van der Waals surface area contributed by atoms with E-state index in [1.54, 1.807) is 0 Å². The Labute approximate surface area is 344 Å². The number of unbranched alkanes of at least 4 members (excludes halogenated alkanes) is 14. The van der Waals surface area contributed by atoms with Crippen LogP contribution in [0.4, 0.5) is 0 Å². The van der Waals surface area contributed by atoms with Crippen LogP contribution in [-0.4, -0.2) is 99.6 Å². The second kappa shape index (κ2) is 41.4. The molecule has 0 spiro atoms. The Morgan fingerprint density at radius 2 is 0.912 bits per heavy atom. The Morgan fingerprint density at radius 3 is 1.40 bits per heavy atom. The molecule has 0 fully saturated rings. The largest absolute Gasteiger partial charge is 0.481 e. The molecule has 0 saturated carbocycles. The third-order valence-electron chi connectivity index (χ3n) is 9.90. The molecule has 1 atom stereocenters. The first-order chi connectivity index (χ1) is 27.6. The van der Waals surface area contributed by atoms with Crippen LogP contribution in [0.1, 0.15) is 180 Å². The lowest BCUT2D eigenvalue weighted by Crippen LogP contribution is -2.27. The standard InChI is InChI=1S/C44H80N2O11/c1-2-39(47)23-19-29-54-33-35-56-31-26-40(48)24-20-30-55-34-36-57-32-27-42(50)46-28-18-17-21-38(44(45)53)37-41(49)22-15-13-11-9-7-5-3-4-6-8-10-12-14-16-25-43(51)52/h38H,2-37H2,1H3,(H2,45,53)(H,46,50)(H,51,52)/t38-/m0/s1. The van der Waals surface area contributed by atoms with E-state index in [9.17, 15) is 28.8 Å². The number of carboxylic acids is 1. The Bertz CT molecular complexity index is 1040. The van der Waals surface area contributed by atoms with Gasteiger partial charge in [-0.1, -0.05) is 90.4 Å². The minimum Gasteiger partial charge on any atom is -0.481 e. The third-order valence-corrected chi connectivity index (χ3v) is 9.90. The number of nitrogens with one attached hydrogen (secondary N) is 1. The number of hydrogen-bond donors (Lipinski definition) is 3. The molecular formula is C44H80N2O11. The van der Waals surface area contributed by atoms with Gasteiger partial charge in [0.05, 0.1) is 39.6 Å². The number of carbonyl (C=O) groups excluding carboxylic acids is 5. The van der Waals surface area contributed by atoms with E-state index in [2.05, 4.69) is 5.32 Å². The summed E-state index contributed by atoms with van der Waals surface area (Å²) in [6.07, 6.45) is 22.3. The summed E-state index contributed by atoms with van der Waals surface area (Å²) < 4.78 is 21.8. The van der Waals surface area contributed by atoms with Crippen LogP contribution in [-0.2, 0) is 47.7 Å². The molecule has 0 heterocycles. The lowest BCUT2D eigenvalue weighted by molar-refractivity contribution is -0.137. The molecule has 332 valence electrons. The monoisotopic (exact) mass is 813 g/mol. The van der Waals surface area contributed by atoms with E-state index in [1.165, 1.54) is 51.4 Å². The molecule has 0 aliphatic carbocycles. The molecule has 0 aliphatic rings. The van der Waals surface area contributed by atoms with E-state index < -0.39 is 17.8 Å². The van der Waals surface area contributed by atoms with Crippen molar-refractivity contribution >= 4 is 35.1 Å². The molecule has 0 bridgehead atoms. The highest BCUT2D eigenvalue weighted by Gasteiger charge is 2.19. The average molecular weight is 813 g/mol. The summed E-state index contributed by atoms with van der Waals surface area (Å²) in [4.78, 5) is 70.3. The van der Waals surface area contributed by atoms with Gasteiger partial charge in [-0.15, -0.1) is 0 Å². The Hall–Kier alpha value is -2.74. The SMILES string of the molecule is CCC(=O)CCCOCCOCCC(=O)CCCOCCOCCC(=O)NCCCC[C@@H](CC(=O)CCCCCCCCCCCCCCCCC(=O)O)C(N)=O. The maximum absolute atomic E-state index is 12.5. The van der Waals surface area contributed by atoms with Crippen LogP contribution in [0, 0.1) is 5.92 Å². The van der Waals surface area contributed by atoms with Crippen molar-refractivity contribution in [3.05, 3.63) is 0 Å². The smallest absolute Gasteiger partial charge is 0.303 e. The van der Waals surface area contributed by atoms with Crippen LogP contribution in [0.2, 0.25) is 0 Å².